The standard InChI is InChI=1S/C16H23N3O2/c1-16(2,12-20)8-5-9-17-15(21)11-19-14-7-4-3-6-13(14)10-18-19/h3-4,6-7,10,20H,5,8-9,11-12H2,1-2H3,(H,17,21). The van der Waals surface area contributed by atoms with Gasteiger partial charge in [0, 0.05) is 18.5 Å². The summed E-state index contributed by atoms with van der Waals surface area (Å²) in [5.41, 5.74) is 0.886. The van der Waals surface area contributed by atoms with Gasteiger partial charge in [-0.05, 0) is 24.3 Å². The van der Waals surface area contributed by atoms with Crippen LogP contribution >= 0.6 is 0 Å². The monoisotopic (exact) mass is 289 g/mol. The SMILES string of the molecule is CC(C)(CO)CCCNC(=O)Cn1ncc2ccccc21. The van der Waals surface area contributed by atoms with E-state index in [0.29, 0.717) is 6.54 Å². The number of nitrogens with zero attached hydrogens (tertiary/aromatic N) is 2. The van der Waals surface area contributed by atoms with Crippen LogP contribution in [0.3, 0.4) is 0 Å². The fourth-order valence-electron chi connectivity index (χ4n) is 2.22. The van der Waals surface area contributed by atoms with Crippen LogP contribution in [0.2, 0.25) is 0 Å². The normalized spacial score (nSPS) is 11.8. The van der Waals surface area contributed by atoms with E-state index >= 15 is 0 Å². The fraction of sp³-hybridized carbons (Fsp3) is 0.500. The lowest BCUT2D eigenvalue weighted by molar-refractivity contribution is -0.121. The predicted octanol–water partition coefficient (Wildman–Crippen LogP) is 1.95. The number of carbonyl (C=O) groups excluding carboxylic acids is 1. The van der Waals surface area contributed by atoms with Gasteiger partial charge < -0.3 is 10.4 Å². The number of aromatic nitrogens is 2. The van der Waals surface area contributed by atoms with Crippen LogP contribution in [-0.2, 0) is 11.3 Å². The van der Waals surface area contributed by atoms with Gasteiger partial charge in [0.1, 0.15) is 6.54 Å². The van der Waals surface area contributed by atoms with Crippen molar-refractivity contribution in [3.8, 4) is 0 Å². The van der Waals surface area contributed by atoms with Gasteiger partial charge in [-0.2, -0.15) is 5.10 Å². The van der Waals surface area contributed by atoms with E-state index in [0.717, 1.165) is 23.7 Å². The largest absolute Gasteiger partial charge is 0.396 e. The maximum Gasteiger partial charge on any atom is 0.241 e. The van der Waals surface area contributed by atoms with Crippen LogP contribution in [0, 0.1) is 5.41 Å². The number of hydrogen-bond donors (Lipinski definition) is 2. The van der Waals surface area contributed by atoms with Crippen molar-refractivity contribution in [3.63, 3.8) is 0 Å². The summed E-state index contributed by atoms with van der Waals surface area (Å²) in [5.74, 6) is -0.0364. The van der Waals surface area contributed by atoms with E-state index in [-0.39, 0.29) is 24.5 Å². The molecule has 1 heterocycles. The van der Waals surface area contributed by atoms with Crippen LogP contribution in [-0.4, -0.2) is 33.9 Å². The highest BCUT2D eigenvalue weighted by Crippen LogP contribution is 2.20. The maximum atomic E-state index is 11.9. The summed E-state index contributed by atoms with van der Waals surface area (Å²) in [6.45, 7) is 5.06. The number of nitrogens with one attached hydrogen (secondary N) is 1. The maximum absolute atomic E-state index is 11.9. The lowest BCUT2D eigenvalue weighted by Crippen LogP contribution is -2.29. The van der Waals surface area contributed by atoms with Gasteiger partial charge in [0.25, 0.3) is 0 Å². The van der Waals surface area contributed by atoms with Crippen molar-refractivity contribution in [1.82, 2.24) is 15.1 Å². The van der Waals surface area contributed by atoms with Crippen molar-refractivity contribution in [1.29, 1.82) is 0 Å². The van der Waals surface area contributed by atoms with E-state index in [4.69, 9.17) is 0 Å². The van der Waals surface area contributed by atoms with Crippen LogP contribution < -0.4 is 5.32 Å². The molecule has 0 aliphatic carbocycles. The zero-order valence-electron chi connectivity index (χ0n) is 12.7. The number of aliphatic hydroxyl groups is 1. The first kappa shape index (κ1) is 15.5. The lowest BCUT2D eigenvalue weighted by Gasteiger charge is -2.21. The zero-order chi connectivity index (χ0) is 15.3. The molecule has 0 atom stereocenters. The molecule has 0 saturated heterocycles. The summed E-state index contributed by atoms with van der Waals surface area (Å²) >= 11 is 0. The number of benzene rings is 1. The Kier molecular flexibility index (Phi) is 4.96. The van der Waals surface area contributed by atoms with Crippen molar-refractivity contribution in [2.45, 2.75) is 33.2 Å². The number of fused-ring (bicyclic) bond motifs is 1. The van der Waals surface area contributed by atoms with E-state index in [1.807, 2.05) is 38.1 Å². The van der Waals surface area contributed by atoms with E-state index in [1.54, 1.807) is 10.9 Å². The Morgan fingerprint density at radius 2 is 2.14 bits per heavy atom. The third kappa shape index (κ3) is 4.29. The molecule has 2 N–H and O–H groups in total. The van der Waals surface area contributed by atoms with E-state index < -0.39 is 0 Å². The molecule has 2 rings (SSSR count). The Morgan fingerprint density at radius 1 is 1.38 bits per heavy atom. The summed E-state index contributed by atoms with van der Waals surface area (Å²) in [6, 6.07) is 7.83. The average molecular weight is 289 g/mol. The van der Waals surface area contributed by atoms with Gasteiger partial charge in [-0.3, -0.25) is 9.48 Å². The summed E-state index contributed by atoms with van der Waals surface area (Å²) < 4.78 is 1.71. The second kappa shape index (κ2) is 6.72. The van der Waals surface area contributed by atoms with Gasteiger partial charge in [0.05, 0.1) is 11.7 Å². The van der Waals surface area contributed by atoms with Crippen LogP contribution in [0.5, 0.6) is 0 Å². The highest BCUT2D eigenvalue weighted by Gasteiger charge is 2.15. The van der Waals surface area contributed by atoms with Crippen LogP contribution in [0.1, 0.15) is 26.7 Å². The molecule has 1 amide bonds. The van der Waals surface area contributed by atoms with E-state index in [1.165, 1.54) is 0 Å². The Morgan fingerprint density at radius 3 is 2.90 bits per heavy atom. The van der Waals surface area contributed by atoms with Gasteiger partial charge in [0.15, 0.2) is 0 Å². The Bertz CT molecular complexity index is 604. The molecule has 2 aromatic rings. The molecule has 21 heavy (non-hydrogen) atoms. The second-order valence-electron chi connectivity index (χ2n) is 6.14. The summed E-state index contributed by atoms with van der Waals surface area (Å²) in [4.78, 5) is 11.9. The number of amides is 1. The molecule has 5 heteroatoms. The highest BCUT2D eigenvalue weighted by atomic mass is 16.3. The molecule has 0 radical (unpaired) electrons. The number of aliphatic hydroxyl groups excluding tert-OH is 1. The molecule has 0 unspecified atom stereocenters. The molecular weight excluding hydrogens is 266 g/mol. The quantitative estimate of drug-likeness (QED) is 0.766. The molecule has 0 fully saturated rings. The van der Waals surface area contributed by atoms with Crippen molar-refractivity contribution in [3.05, 3.63) is 30.5 Å². The molecule has 114 valence electrons. The van der Waals surface area contributed by atoms with Crippen LogP contribution in [0.4, 0.5) is 0 Å². The lowest BCUT2D eigenvalue weighted by atomic mass is 9.89. The molecule has 1 aromatic carbocycles. The first-order valence-corrected chi connectivity index (χ1v) is 7.30. The molecule has 0 aliphatic heterocycles. The molecule has 0 aliphatic rings. The van der Waals surface area contributed by atoms with Gasteiger partial charge in [-0.1, -0.05) is 32.0 Å². The van der Waals surface area contributed by atoms with Crippen LogP contribution in [0.25, 0.3) is 10.9 Å². The molecule has 0 spiro atoms. The third-order valence-corrected chi connectivity index (χ3v) is 3.62. The minimum atomic E-state index is -0.0804. The Balaban J connectivity index is 1.80. The molecule has 0 saturated carbocycles. The van der Waals surface area contributed by atoms with E-state index in [2.05, 4.69) is 10.4 Å². The average Bonchev–Trinajstić information content (AvgIpc) is 2.87. The van der Waals surface area contributed by atoms with Gasteiger partial charge in [0.2, 0.25) is 5.91 Å². The molecule has 5 nitrogen and oxygen atoms in total. The predicted molar refractivity (Wildman–Crippen MR) is 82.8 cm³/mol. The first-order chi connectivity index (χ1) is 10.0. The van der Waals surface area contributed by atoms with Gasteiger partial charge in [-0.25, -0.2) is 0 Å². The third-order valence-electron chi connectivity index (χ3n) is 3.62. The summed E-state index contributed by atoms with van der Waals surface area (Å²) in [7, 11) is 0. The number of hydrogen-bond acceptors (Lipinski definition) is 3. The van der Waals surface area contributed by atoms with E-state index in [9.17, 15) is 9.90 Å². The minimum Gasteiger partial charge on any atom is -0.396 e. The minimum absolute atomic E-state index is 0.0364. The fourth-order valence-corrected chi connectivity index (χ4v) is 2.22. The van der Waals surface area contributed by atoms with Crippen molar-refractivity contribution >= 4 is 16.8 Å². The first-order valence-electron chi connectivity index (χ1n) is 7.30. The van der Waals surface area contributed by atoms with Crippen molar-refractivity contribution < 1.29 is 9.90 Å². The van der Waals surface area contributed by atoms with Crippen molar-refractivity contribution in [2.75, 3.05) is 13.2 Å². The number of para-hydroxylation sites is 1. The van der Waals surface area contributed by atoms with Gasteiger partial charge >= 0.3 is 0 Å². The van der Waals surface area contributed by atoms with Crippen LogP contribution in [0.15, 0.2) is 30.5 Å². The number of carbonyl (C=O) groups is 1. The molecule has 0 bridgehead atoms. The summed E-state index contributed by atoms with van der Waals surface area (Å²) in [6.07, 6.45) is 3.51. The highest BCUT2D eigenvalue weighted by molar-refractivity contribution is 5.81. The van der Waals surface area contributed by atoms with Crippen molar-refractivity contribution in [2.24, 2.45) is 5.41 Å². The molecule has 1 aromatic heterocycles. The molecular formula is C16H23N3O2. The number of rotatable bonds is 7. The Hall–Kier alpha value is -1.88. The Labute approximate surface area is 125 Å². The van der Waals surface area contributed by atoms with Gasteiger partial charge in [-0.15, -0.1) is 0 Å². The summed E-state index contributed by atoms with van der Waals surface area (Å²) in [5, 5.41) is 17.4. The topological polar surface area (TPSA) is 67.2 Å². The second-order valence-corrected chi connectivity index (χ2v) is 6.14. The smallest absolute Gasteiger partial charge is 0.241 e. The zero-order valence-corrected chi connectivity index (χ0v) is 12.7.